The molecule has 2 saturated heterocycles. The van der Waals surface area contributed by atoms with E-state index in [1.165, 1.54) is 5.69 Å². The fraction of sp³-hybridized carbons (Fsp3) is 0.391. The van der Waals surface area contributed by atoms with Gasteiger partial charge in [0.05, 0.1) is 6.54 Å². The Morgan fingerprint density at radius 2 is 1.71 bits per heavy atom. The van der Waals surface area contributed by atoms with Gasteiger partial charge in [0.25, 0.3) is 0 Å². The number of aliphatic imine (C=N–C) groups is 1. The fourth-order valence-corrected chi connectivity index (χ4v) is 4.16. The van der Waals surface area contributed by atoms with Gasteiger partial charge in [-0.1, -0.05) is 35.9 Å². The number of amides is 1. The van der Waals surface area contributed by atoms with Crippen molar-refractivity contribution in [2.45, 2.75) is 25.9 Å². The van der Waals surface area contributed by atoms with E-state index in [0.717, 1.165) is 55.3 Å². The summed E-state index contributed by atoms with van der Waals surface area (Å²) in [4.78, 5) is 22.9. The van der Waals surface area contributed by atoms with Gasteiger partial charge in [0.1, 0.15) is 0 Å². The van der Waals surface area contributed by atoms with Crippen molar-refractivity contribution < 1.29 is 4.79 Å². The van der Waals surface area contributed by atoms with Crippen molar-refractivity contribution in [3.05, 3.63) is 64.7 Å². The van der Waals surface area contributed by atoms with E-state index in [1.54, 1.807) is 0 Å². The standard InChI is InChI=1S/C23H28ClN5O.HI/c24-20-6-8-21(9-7-20)27-11-13-28(14-12-27)23(25)26-16-18-3-1-4-19(15-18)17-29-10-2-5-22(29)30;/h1,3-4,6-9,15H,2,5,10-14,16-17H2,(H2,25,26);1H. The van der Waals surface area contributed by atoms with E-state index < -0.39 is 0 Å². The average molecular weight is 554 g/mol. The zero-order chi connectivity index (χ0) is 20.9. The molecule has 2 heterocycles. The Balaban J connectivity index is 0.00000272. The number of anilines is 1. The Morgan fingerprint density at radius 1 is 1.00 bits per heavy atom. The Bertz CT molecular complexity index is 912. The molecule has 2 aromatic carbocycles. The number of rotatable bonds is 5. The number of nitrogens with two attached hydrogens (primary N) is 1. The number of carbonyl (C=O) groups excluding carboxylic acids is 1. The Morgan fingerprint density at radius 3 is 2.39 bits per heavy atom. The molecule has 8 heteroatoms. The normalized spacial score (nSPS) is 17.1. The molecule has 4 rings (SSSR count). The van der Waals surface area contributed by atoms with Gasteiger partial charge in [0, 0.05) is 56.4 Å². The lowest BCUT2D eigenvalue weighted by molar-refractivity contribution is -0.128. The first kappa shape index (κ1) is 23.7. The fourth-order valence-electron chi connectivity index (χ4n) is 4.04. The number of guanidine groups is 1. The minimum Gasteiger partial charge on any atom is -0.370 e. The number of hydrogen-bond acceptors (Lipinski definition) is 3. The highest BCUT2D eigenvalue weighted by Gasteiger charge is 2.20. The molecule has 0 bridgehead atoms. The molecule has 2 N–H and O–H groups in total. The summed E-state index contributed by atoms with van der Waals surface area (Å²) < 4.78 is 0. The number of benzene rings is 2. The van der Waals surface area contributed by atoms with Crippen LogP contribution in [0.2, 0.25) is 5.02 Å². The minimum absolute atomic E-state index is 0. The van der Waals surface area contributed by atoms with E-state index in [-0.39, 0.29) is 29.9 Å². The van der Waals surface area contributed by atoms with E-state index >= 15 is 0 Å². The molecule has 0 spiro atoms. The molecule has 2 fully saturated rings. The van der Waals surface area contributed by atoms with Crippen LogP contribution in [0.3, 0.4) is 0 Å². The lowest BCUT2D eigenvalue weighted by Crippen LogP contribution is -2.51. The number of halogens is 2. The predicted octanol–water partition coefficient (Wildman–Crippen LogP) is 3.72. The van der Waals surface area contributed by atoms with E-state index in [9.17, 15) is 4.79 Å². The van der Waals surface area contributed by atoms with Crippen molar-refractivity contribution >= 4 is 53.1 Å². The summed E-state index contributed by atoms with van der Waals surface area (Å²) in [5, 5.41) is 0.755. The molecule has 31 heavy (non-hydrogen) atoms. The van der Waals surface area contributed by atoms with Crippen LogP contribution in [0, 0.1) is 0 Å². The first-order valence-corrected chi connectivity index (χ1v) is 10.9. The van der Waals surface area contributed by atoms with Crippen LogP contribution in [0.15, 0.2) is 53.5 Å². The molecule has 2 aliphatic heterocycles. The molecule has 0 atom stereocenters. The maximum Gasteiger partial charge on any atom is 0.222 e. The van der Waals surface area contributed by atoms with E-state index in [0.29, 0.717) is 25.5 Å². The van der Waals surface area contributed by atoms with Crippen molar-refractivity contribution in [2.75, 3.05) is 37.6 Å². The van der Waals surface area contributed by atoms with Crippen LogP contribution >= 0.6 is 35.6 Å². The highest BCUT2D eigenvalue weighted by Crippen LogP contribution is 2.19. The number of carbonyl (C=O) groups is 1. The summed E-state index contributed by atoms with van der Waals surface area (Å²) in [5.74, 6) is 0.839. The zero-order valence-corrected chi connectivity index (χ0v) is 20.6. The van der Waals surface area contributed by atoms with Crippen LogP contribution in [0.4, 0.5) is 5.69 Å². The van der Waals surface area contributed by atoms with Crippen molar-refractivity contribution in [1.29, 1.82) is 0 Å². The summed E-state index contributed by atoms with van der Waals surface area (Å²) >= 11 is 5.98. The Kier molecular flexibility index (Phi) is 8.43. The zero-order valence-electron chi connectivity index (χ0n) is 17.5. The molecular weight excluding hydrogens is 525 g/mol. The van der Waals surface area contributed by atoms with Gasteiger partial charge in [-0.3, -0.25) is 4.79 Å². The molecule has 1 amide bonds. The molecular formula is C23H29ClIN5O. The van der Waals surface area contributed by atoms with Crippen molar-refractivity contribution in [3.8, 4) is 0 Å². The summed E-state index contributed by atoms with van der Waals surface area (Å²) in [7, 11) is 0. The van der Waals surface area contributed by atoms with E-state index in [2.05, 4.69) is 45.1 Å². The molecule has 0 radical (unpaired) electrons. The largest absolute Gasteiger partial charge is 0.370 e. The lowest BCUT2D eigenvalue weighted by atomic mass is 10.1. The molecule has 2 aliphatic rings. The van der Waals surface area contributed by atoms with Crippen LogP contribution in [0.5, 0.6) is 0 Å². The van der Waals surface area contributed by atoms with Gasteiger partial charge in [-0.15, -0.1) is 24.0 Å². The van der Waals surface area contributed by atoms with Crippen LogP contribution in [0.25, 0.3) is 0 Å². The van der Waals surface area contributed by atoms with Crippen LogP contribution in [-0.4, -0.2) is 54.4 Å². The number of nitrogens with zero attached hydrogens (tertiary/aromatic N) is 4. The maximum atomic E-state index is 11.9. The van der Waals surface area contributed by atoms with Crippen LogP contribution in [-0.2, 0) is 17.9 Å². The minimum atomic E-state index is 0. The molecule has 2 aromatic rings. The monoisotopic (exact) mass is 553 g/mol. The second kappa shape index (κ2) is 11.0. The highest BCUT2D eigenvalue weighted by molar-refractivity contribution is 14.0. The van der Waals surface area contributed by atoms with E-state index in [1.807, 2.05) is 23.1 Å². The highest BCUT2D eigenvalue weighted by atomic mass is 127. The third kappa shape index (κ3) is 6.26. The van der Waals surface area contributed by atoms with Gasteiger partial charge in [-0.25, -0.2) is 4.99 Å². The summed E-state index contributed by atoms with van der Waals surface area (Å²) in [6, 6.07) is 16.2. The summed E-state index contributed by atoms with van der Waals surface area (Å²) in [6.45, 7) is 5.57. The lowest BCUT2D eigenvalue weighted by Gasteiger charge is -2.36. The topological polar surface area (TPSA) is 65.2 Å². The third-order valence-electron chi connectivity index (χ3n) is 5.76. The van der Waals surface area contributed by atoms with Gasteiger partial charge in [-0.05, 0) is 41.8 Å². The van der Waals surface area contributed by atoms with Crippen molar-refractivity contribution in [1.82, 2.24) is 9.80 Å². The van der Waals surface area contributed by atoms with Gasteiger partial charge in [-0.2, -0.15) is 0 Å². The smallest absolute Gasteiger partial charge is 0.222 e. The molecule has 0 aromatic heterocycles. The average Bonchev–Trinajstić information content (AvgIpc) is 3.17. The summed E-state index contributed by atoms with van der Waals surface area (Å²) in [5.41, 5.74) is 9.72. The SMILES string of the molecule is I.NC(=NCc1cccc(CN2CCCC2=O)c1)N1CCN(c2ccc(Cl)cc2)CC1. The first-order chi connectivity index (χ1) is 14.6. The number of piperazine rings is 1. The molecule has 0 saturated carbocycles. The predicted molar refractivity (Wildman–Crippen MR) is 137 cm³/mol. The second-order valence-electron chi connectivity index (χ2n) is 7.86. The number of hydrogen-bond donors (Lipinski definition) is 1. The second-order valence-corrected chi connectivity index (χ2v) is 8.30. The number of likely N-dealkylation sites (tertiary alicyclic amines) is 1. The van der Waals surface area contributed by atoms with Crippen molar-refractivity contribution in [2.24, 2.45) is 10.7 Å². The van der Waals surface area contributed by atoms with Gasteiger partial charge in [0.15, 0.2) is 5.96 Å². The van der Waals surface area contributed by atoms with Gasteiger partial charge in [0.2, 0.25) is 5.91 Å². The molecule has 166 valence electrons. The third-order valence-corrected chi connectivity index (χ3v) is 6.01. The summed E-state index contributed by atoms with van der Waals surface area (Å²) in [6.07, 6.45) is 1.64. The quantitative estimate of drug-likeness (QED) is 0.348. The molecule has 0 aliphatic carbocycles. The molecule has 6 nitrogen and oxygen atoms in total. The first-order valence-electron chi connectivity index (χ1n) is 10.5. The molecule has 0 unspecified atom stereocenters. The van der Waals surface area contributed by atoms with E-state index in [4.69, 9.17) is 17.3 Å². The van der Waals surface area contributed by atoms with Gasteiger partial charge >= 0.3 is 0 Å². The Labute approximate surface area is 206 Å². The van der Waals surface area contributed by atoms with Gasteiger partial charge < -0.3 is 20.4 Å². The van der Waals surface area contributed by atoms with Crippen LogP contribution < -0.4 is 10.6 Å². The van der Waals surface area contributed by atoms with Crippen LogP contribution in [0.1, 0.15) is 24.0 Å². The Hall–Kier alpha value is -2.00. The van der Waals surface area contributed by atoms with Crippen molar-refractivity contribution in [3.63, 3.8) is 0 Å². The maximum absolute atomic E-state index is 11.9.